The number of aliphatic hydroxyl groups is 1. The van der Waals surface area contributed by atoms with Gasteiger partial charge in [-0.15, -0.1) is 0 Å². The van der Waals surface area contributed by atoms with Gasteiger partial charge >= 0.3 is 15.6 Å². The van der Waals surface area contributed by atoms with E-state index in [9.17, 15) is 5.11 Å². The Hall–Kier alpha value is -1.14. The molecule has 0 aliphatic rings. The maximum Gasteiger partial charge on any atom is 0.466 e. The minimum Gasteiger partial charge on any atom is -0.392 e. The molecule has 0 amide bonds. The van der Waals surface area contributed by atoms with Gasteiger partial charge < -0.3 is 44.7 Å². The summed E-state index contributed by atoms with van der Waals surface area (Å²) in [6.07, 6.45) is 2.18. The van der Waals surface area contributed by atoms with Crippen LogP contribution >= 0.6 is 27.2 Å². The zero-order chi connectivity index (χ0) is 24.9. The third-order valence-corrected chi connectivity index (χ3v) is 4.10. The number of nitrogens with one attached hydrogen (secondary N) is 1. The van der Waals surface area contributed by atoms with E-state index in [1.165, 1.54) is 0 Å². The van der Waals surface area contributed by atoms with Crippen LogP contribution in [-0.2, 0) is 9.13 Å². The van der Waals surface area contributed by atoms with Crippen molar-refractivity contribution in [1.82, 2.24) is 9.88 Å². The Labute approximate surface area is 191 Å². The quantitative estimate of drug-likeness (QED) is 0.235. The number of pyridine rings is 1. The molecule has 8 N–H and O–H groups in total. The molecule has 12 nitrogen and oxygen atoms in total. The van der Waals surface area contributed by atoms with Crippen molar-refractivity contribution in [2.75, 3.05) is 31.5 Å². The van der Waals surface area contributed by atoms with Crippen molar-refractivity contribution in [2.24, 2.45) is 0 Å². The van der Waals surface area contributed by atoms with Gasteiger partial charge in [0.2, 0.25) is 0 Å². The van der Waals surface area contributed by atoms with Gasteiger partial charge in [0.25, 0.3) is 0 Å². The molecule has 0 aliphatic heterocycles. The van der Waals surface area contributed by atoms with E-state index >= 15 is 0 Å². The molecule has 32 heavy (non-hydrogen) atoms. The lowest BCUT2D eigenvalue weighted by Gasteiger charge is -2.22. The summed E-state index contributed by atoms with van der Waals surface area (Å²) in [5.41, 5.74) is 1.90. The molecule has 2 rings (SSSR count). The predicted molar refractivity (Wildman–Crippen MR) is 122 cm³/mol. The van der Waals surface area contributed by atoms with Crippen LogP contribution in [-0.4, -0.2) is 76.6 Å². The van der Waals surface area contributed by atoms with Gasteiger partial charge in [-0.3, -0.25) is 4.98 Å². The summed E-state index contributed by atoms with van der Waals surface area (Å²) in [4.78, 5) is 49.7. The Bertz CT molecular complexity index is 869. The third-order valence-electron chi connectivity index (χ3n) is 3.86. The first-order chi connectivity index (χ1) is 14.6. The number of nitrogens with zero attached hydrogens (tertiary/aromatic N) is 2. The van der Waals surface area contributed by atoms with Gasteiger partial charge in [-0.05, 0) is 43.8 Å². The second-order valence-corrected chi connectivity index (χ2v) is 8.89. The SMILES string of the molecule is CCN(CC)CC(O)CCNc1ccnc2cc(Cl)ccc12.O=P(O)(O)O.O=P(O)(O)O. The number of hydrogen-bond donors (Lipinski definition) is 8. The summed E-state index contributed by atoms with van der Waals surface area (Å²) < 4.78 is 17.8. The molecule has 0 spiro atoms. The Morgan fingerprint density at radius 2 is 1.56 bits per heavy atom. The van der Waals surface area contributed by atoms with Crippen LogP contribution in [0.25, 0.3) is 10.9 Å². The standard InChI is InChI=1S/C17H24ClN3O.2H3O4P/c1-3-21(4-2)12-14(22)7-9-19-16-8-10-20-17-11-13(18)5-6-15(16)17;2*1-5(2,3)4/h5-6,8,10-11,14,22H,3-4,7,9,12H2,1-2H3,(H,19,20);2*(H3,1,2,3,4). The molecule has 0 saturated heterocycles. The molecule has 0 bridgehead atoms. The first-order valence-corrected chi connectivity index (χ1v) is 12.9. The van der Waals surface area contributed by atoms with Crippen LogP contribution in [0.1, 0.15) is 20.3 Å². The largest absolute Gasteiger partial charge is 0.466 e. The first kappa shape index (κ1) is 30.9. The maximum absolute atomic E-state index is 10.1. The van der Waals surface area contributed by atoms with Crippen LogP contribution < -0.4 is 5.32 Å². The summed E-state index contributed by atoms with van der Waals surface area (Å²) in [5.74, 6) is 0. The van der Waals surface area contributed by atoms with Crippen molar-refractivity contribution in [3.8, 4) is 0 Å². The van der Waals surface area contributed by atoms with Crippen molar-refractivity contribution in [3.63, 3.8) is 0 Å². The molecule has 1 atom stereocenters. The molecule has 1 aromatic heterocycles. The minimum absolute atomic E-state index is 0.310. The fraction of sp³-hybridized carbons (Fsp3) is 0.471. The highest BCUT2D eigenvalue weighted by atomic mass is 35.5. The van der Waals surface area contributed by atoms with Crippen molar-refractivity contribution >= 4 is 43.8 Å². The van der Waals surface area contributed by atoms with Crippen LogP contribution in [0.15, 0.2) is 30.5 Å². The zero-order valence-electron chi connectivity index (χ0n) is 17.6. The third kappa shape index (κ3) is 17.4. The Morgan fingerprint density at radius 1 is 1.03 bits per heavy atom. The molecule has 0 aliphatic carbocycles. The highest BCUT2D eigenvalue weighted by molar-refractivity contribution is 7.45. The number of phosphoric acid groups is 2. The Balaban J connectivity index is 0.000000805. The summed E-state index contributed by atoms with van der Waals surface area (Å²) in [6, 6.07) is 7.65. The molecule has 1 heterocycles. The Morgan fingerprint density at radius 3 is 2.06 bits per heavy atom. The van der Waals surface area contributed by atoms with Crippen molar-refractivity contribution in [1.29, 1.82) is 0 Å². The van der Waals surface area contributed by atoms with Gasteiger partial charge in [-0.1, -0.05) is 25.4 Å². The van der Waals surface area contributed by atoms with E-state index in [-0.39, 0.29) is 6.10 Å². The predicted octanol–water partition coefficient (Wildman–Crippen LogP) is 1.54. The number of anilines is 1. The number of halogens is 1. The number of benzene rings is 1. The van der Waals surface area contributed by atoms with Crippen molar-refractivity contribution < 1.29 is 43.6 Å². The number of likely N-dealkylation sites (N-methyl/N-ethyl adjacent to an activating group) is 1. The van der Waals surface area contributed by atoms with Gasteiger partial charge in [0, 0.05) is 35.4 Å². The summed E-state index contributed by atoms with van der Waals surface area (Å²) in [7, 11) is -9.28. The van der Waals surface area contributed by atoms with E-state index in [2.05, 4.69) is 29.0 Å². The van der Waals surface area contributed by atoms with Crippen molar-refractivity contribution in [3.05, 3.63) is 35.5 Å². The van der Waals surface area contributed by atoms with E-state index in [4.69, 9.17) is 50.1 Å². The lowest BCUT2D eigenvalue weighted by atomic mass is 10.1. The summed E-state index contributed by atoms with van der Waals surface area (Å²) >= 11 is 5.99. The van der Waals surface area contributed by atoms with Gasteiger partial charge in [0.15, 0.2) is 0 Å². The van der Waals surface area contributed by atoms with Crippen LogP contribution in [0.3, 0.4) is 0 Å². The molecule has 1 aromatic carbocycles. The second-order valence-electron chi connectivity index (χ2n) is 6.40. The normalized spacial score (nSPS) is 12.5. The van der Waals surface area contributed by atoms with Crippen LogP contribution in [0, 0.1) is 0 Å². The highest BCUT2D eigenvalue weighted by Crippen LogP contribution is 2.26. The van der Waals surface area contributed by atoms with E-state index in [1.807, 2.05) is 24.3 Å². The second kappa shape index (κ2) is 14.9. The lowest BCUT2D eigenvalue weighted by molar-refractivity contribution is 0.113. The van der Waals surface area contributed by atoms with Crippen LogP contribution in [0.4, 0.5) is 5.69 Å². The van der Waals surface area contributed by atoms with Crippen LogP contribution in [0.2, 0.25) is 5.02 Å². The number of aromatic nitrogens is 1. The average Bonchev–Trinajstić information content (AvgIpc) is 2.63. The molecule has 15 heteroatoms. The summed E-state index contributed by atoms with van der Waals surface area (Å²) in [6.45, 7) is 7.62. The number of aliphatic hydroxyl groups excluding tert-OH is 1. The van der Waals surface area contributed by atoms with E-state index in [1.54, 1.807) is 6.20 Å². The molecule has 2 aromatic rings. The zero-order valence-corrected chi connectivity index (χ0v) is 20.2. The van der Waals surface area contributed by atoms with Gasteiger partial charge in [-0.2, -0.15) is 0 Å². The maximum atomic E-state index is 10.1. The first-order valence-electron chi connectivity index (χ1n) is 9.39. The van der Waals surface area contributed by atoms with E-state index in [0.29, 0.717) is 11.4 Å². The smallest absolute Gasteiger partial charge is 0.392 e. The number of fused-ring (bicyclic) bond motifs is 1. The molecular weight excluding hydrogens is 488 g/mol. The fourth-order valence-electron chi connectivity index (χ4n) is 2.52. The minimum atomic E-state index is -4.64. The molecule has 0 saturated carbocycles. The molecule has 0 fully saturated rings. The molecule has 0 radical (unpaired) electrons. The average molecular weight is 518 g/mol. The Kier molecular flexibility index (Phi) is 14.4. The van der Waals surface area contributed by atoms with Gasteiger partial charge in [-0.25, -0.2) is 9.13 Å². The lowest BCUT2D eigenvalue weighted by Crippen LogP contribution is -2.33. The topological polar surface area (TPSA) is 204 Å². The van der Waals surface area contributed by atoms with Crippen LogP contribution in [0.5, 0.6) is 0 Å². The highest BCUT2D eigenvalue weighted by Gasteiger charge is 2.09. The monoisotopic (exact) mass is 517 g/mol. The fourth-order valence-corrected chi connectivity index (χ4v) is 2.69. The van der Waals surface area contributed by atoms with E-state index < -0.39 is 15.6 Å². The van der Waals surface area contributed by atoms with Gasteiger partial charge in [0.1, 0.15) is 0 Å². The molecule has 1 unspecified atom stereocenters. The molecular formula is C17H30ClN3O9P2. The van der Waals surface area contributed by atoms with Gasteiger partial charge in [0.05, 0.1) is 11.6 Å². The summed E-state index contributed by atoms with van der Waals surface area (Å²) in [5, 5.41) is 15.2. The van der Waals surface area contributed by atoms with E-state index in [0.717, 1.165) is 42.8 Å². The van der Waals surface area contributed by atoms with Crippen molar-refractivity contribution in [2.45, 2.75) is 26.4 Å². The molecule has 184 valence electrons. The number of hydrogen-bond acceptors (Lipinski definition) is 6. The number of rotatable bonds is 8.